The predicted octanol–water partition coefficient (Wildman–Crippen LogP) is 0.0863. The van der Waals surface area contributed by atoms with E-state index >= 15 is 0 Å². The number of phenolic OH excluding ortho intramolecular Hbond substituents is 1. The Labute approximate surface area is 97.8 Å². The van der Waals surface area contributed by atoms with E-state index in [1.807, 2.05) is 0 Å². The van der Waals surface area contributed by atoms with E-state index in [-0.39, 0.29) is 35.3 Å². The third-order valence-corrected chi connectivity index (χ3v) is 3.56. The molecule has 1 saturated heterocycles. The fourth-order valence-electron chi connectivity index (χ4n) is 2.60. The van der Waals surface area contributed by atoms with E-state index < -0.39 is 0 Å². The molecule has 1 saturated carbocycles. The van der Waals surface area contributed by atoms with Gasteiger partial charge in [0.15, 0.2) is 0 Å². The summed E-state index contributed by atoms with van der Waals surface area (Å²) in [4.78, 5) is 25.2. The van der Waals surface area contributed by atoms with Crippen LogP contribution in [0.5, 0.6) is 5.75 Å². The number of nitrogens with two attached hydrogens (primary N) is 1. The fourth-order valence-corrected chi connectivity index (χ4v) is 2.60. The number of aromatic hydroxyl groups is 1. The summed E-state index contributed by atoms with van der Waals surface area (Å²) in [5, 5.41) is 9.17. The SMILES string of the molecule is NCC1C2C(=O)N(c3ccc(O)cc3)C(=O)C12. The Bertz CT molecular complexity index is 475. The molecule has 88 valence electrons. The highest BCUT2D eigenvalue weighted by molar-refractivity contribution is 6.25. The van der Waals surface area contributed by atoms with Crippen LogP contribution >= 0.6 is 0 Å². The summed E-state index contributed by atoms with van der Waals surface area (Å²) < 4.78 is 0. The van der Waals surface area contributed by atoms with Crippen LogP contribution in [-0.4, -0.2) is 23.5 Å². The van der Waals surface area contributed by atoms with Crippen LogP contribution in [0.1, 0.15) is 0 Å². The molecule has 2 unspecified atom stereocenters. The van der Waals surface area contributed by atoms with Crippen LogP contribution in [-0.2, 0) is 9.59 Å². The third kappa shape index (κ3) is 1.29. The number of hydrogen-bond donors (Lipinski definition) is 2. The molecule has 17 heavy (non-hydrogen) atoms. The van der Waals surface area contributed by atoms with E-state index in [0.29, 0.717) is 12.2 Å². The van der Waals surface area contributed by atoms with Gasteiger partial charge in [-0.1, -0.05) is 0 Å². The number of phenols is 1. The molecule has 0 aromatic heterocycles. The predicted molar refractivity (Wildman–Crippen MR) is 60.1 cm³/mol. The van der Waals surface area contributed by atoms with Crippen LogP contribution in [0.15, 0.2) is 24.3 Å². The van der Waals surface area contributed by atoms with Crippen LogP contribution in [0.25, 0.3) is 0 Å². The summed E-state index contributed by atoms with van der Waals surface area (Å²) in [5.41, 5.74) is 6.01. The molecule has 0 bridgehead atoms. The third-order valence-electron chi connectivity index (χ3n) is 3.56. The van der Waals surface area contributed by atoms with Gasteiger partial charge in [0.1, 0.15) is 5.75 Å². The highest BCUT2D eigenvalue weighted by Crippen LogP contribution is 2.53. The summed E-state index contributed by atoms with van der Waals surface area (Å²) in [6.07, 6.45) is 0. The first kappa shape index (κ1) is 10.3. The van der Waals surface area contributed by atoms with Crippen molar-refractivity contribution in [2.45, 2.75) is 0 Å². The number of anilines is 1. The first-order valence-electron chi connectivity index (χ1n) is 5.52. The van der Waals surface area contributed by atoms with Crippen molar-refractivity contribution in [2.24, 2.45) is 23.5 Å². The zero-order valence-corrected chi connectivity index (χ0v) is 9.04. The van der Waals surface area contributed by atoms with Crippen LogP contribution < -0.4 is 10.6 Å². The van der Waals surface area contributed by atoms with Crippen molar-refractivity contribution >= 4 is 17.5 Å². The minimum absolute atomic E-state index is 0.0309. The zero-order valence-electron chi connectivity index (χ0n) is 9.04. The highest BCUT2D eigenvalue weighted by Gasteiger charge is 2.66. The van der Waals surface area contributed by atoms with E-state index in [1.54, 1.807) is 12.1 Å². The van der Waals surface area contributed by atoms with Crippen molar-refractivity contribution in [2.75, 3.05) is 11.4 Å². The Kier molecular flexibility index (Phi) is 2.00. The van der Waals surface area contributed by atoms with Crippen LogP contribution in [0, 0.1) is 17.8 Å². The zero-order chi connectivity index (χ0) is 12.2. The smallest absolute Gasteiger partial charge is 0.238 e. The molecule has 0 radical (unpaired) electrons. The lowest BCUT2D eigenvalue weighted by atomic mass is 10.2. The maximum Gasteiger partial charge on any atom is 0.238 e. The van der Waals surface area contributed by atoms with Crippen LogP contribution in [0.3, 0.4) is 0 Å². The lowest BCUT2D eigenvalue weighted by molar-refractivity contribution is -0.124. The quantitative estimate of drug-likeness (QED) is 0.708. The Hall–Kier alpha value is -1.88. The van der Waals surface area contributed by atoms with Gasteiger partial charge in [-0.25, -0.2) is 0 Å². The maximum absolute atomic E-state index is 12.0. The van der Waals surface area contributed by atoms with E-state index in [9.17, 15) is 9.59 Å². The molecule has 1 aromatic carbocycles. The summed E-state index contributed by atoms with van der Waals surface area (Å²) >= 11 is 0. The topological polar surface area (TPSA) is 83.6 Å². The van der Waals surface area contributed by atoms with Crippen LogP contribution in [0.4, 0.5) is 5.69 Å². The molecule has 2 amide bonds. The minimum Gasteiger partial charge on any atom is -0.508 e. The van der Waals surface area contributed by atoms with Crippen molar-refractivity contribution < 1.29 is 14.7 Å². The molecule has 2 fully saturated rings. The van der Waals surface area contributed by atoms with Gasteiger partial charge in [0.2, 0.25) is 11.8 Å². The molecule has 0 spiro atoms. The average Bonchev–Trinajstić information content (AvgIpc) is 2.99. The second-order valence-electron chi connectivity index (χ2n) is 4.48. The van der Waals surface area contributed by atoms with Gasteiger partial charge < -0.3 is 10.8 Å². The summed E-state index contributed by atoms with van der Waals surface area (Å²) in [6.45, 7) is 0.385. The number of benzene rings is 1. The van der Waals surface area contributed by atoms with Gasteiger partial charge in [0.25, 0.3) is 0 Å². The molecule has 3 rings (SSSR count). The van der Waals surface area contributed by atoms with Gasteiger partial charge in [-0.3, -0.25) is 14.5 Å². The van der Waals surface area contributed by atoms with Gasteiger partial charge in [-0.2, -0.15) is 0 Å². The maximum atomic E-state index is 12.0. The van der Waals surface area contributed by atoms with Gasteiger partial charge in [-0.15, -0.1) is 0 Å². The summed E-state index contributed by atoms with van der Waals surface area (Å²) in [6, 6.07) is 6.04. The number of imide groups is 1. The molecule has 1 aromatic rings. The molecule has 3 N–H and O–H groups in total. The van der Waals surface area contributed by atoms with Crippen molar-refractivity contribution in [1.82, 2.24) is 0 Å². The largest absolute Gasteiger partial charge is 0.508 e. The molecule has 1 aliphatic heterocycles. The Morgan fingerprint density at radius 3 is 2.12 bits per heavy atom. The lowest BCUT2D eigenvalue weighted by Gasteiger charge is -2.17. The Morgan fingerprint density at radius 1 is 1.12 bits per heavy atom. The summed E-state index contributed by atoms with van der Waals surface area (Å²) in [7, 11) is 0. The molecule has 1 aliphatic carbocycles. The van der Waals surface area contributed by atoms with Gasteiger partial charge in [0, 0.05) is 0 Å². The number of piperidine rings is 1. The second-order valence-corrected chi connectivity index (χ2v) is 4.48. The van der Waals surface area contributed by atoms with Gasteiger partial charge in [0.05, 0.1) is 17.5 Å². The highest BCUT2D eigenvalue weighted by atomic mass is 16.3. The number of rotatable bonds is 2. The van der Waals surface area contributed by atoms with Crippen molar-refractivity contribution in [3.63, 3.8) is 0 Å². The van der Waals surface area contributed by atoms with Crippen molar-refractivity contribution in [1.29, 1.82) is 0 Å². The molecular weight excluding hydrogens is 220 g/mol. The van der Waals surface area contributed by atoms with Gasteiger partial charge >= 0.3 is 0 Å². The normalized spacial score (nSPS) is 30.6. The van der Waals surface area contributed by atoms with E-state index in [4.69, 9.17) is 10.8 Å². The molecule has 5 heteroatoms. The molecular formula is C12H12N2O3. The minimum atomic E-state index is -0.221. The van der Waals surface area contributed by atoms with E-state index in [0.717, 1.165) is 0 Å². The fraction of sp³-hybridized carbons (Fsp3) is 0.333. The molecule has 1 heterocycles. The monoisotopic (exact) mass is 232 g/mol. The second kappa shape index (κ2) is 3.30. The van der Waals surface area contributed by atoms with E-state index in [2.05, 4.69) is 0 Å². The number of nitrogens with zero attached hydrogens (tertiary/aromatic N) is 1. The number of fused-ring (bicyclic) bond motifs is 1. The Morgan fingerprint density at radius 2 is 1.65 bits per heavy atom. The first-order valence-corrected chi connectivity index (χ1v) is 5.52. The first-order chi connectivity index (χ1) is 8.15. The number of amides is 2. The number of carbonyl (C=O) groups excluding carboxylic acids is 2. The Balaban J connectivity index is 1.90. The number of hydrogen-bond acceptors (Lipinski definition) is 4. The van der Waals surface area contributed by atoms with Crippen molar-refractivity contribution in [3.8, 4) is 5.75 Å². The lowest BCUT2D eigenvalue weighted by Crippen LogP contribution is -2.35. The standard InChI is InChI=1S/C12H12N2O3/c13-5-8-9-10(8)12(17)14(11(9)16)6-1-3-7(15)4-2-6/h1-4,8-10,15H,5,13H2. The number of carbonyl (C=O) groups is 2. The molecule has 5 nitrogen and oxygen atoms in total. The summed E-state index contributed by atoms with van der Waals surface area (Å²) in [5.74, 6) is -0.633. The van der Waals surface area contributed by atoms with E-state index in [1.165, 1.54) is 17.0 Å². The average molecular weight is 232 g/mol. The molecule has 2 atom stereocenters. The van der Waals surface area contributed by atoms with Gasteiger partial charge in [-0.05, 0) is 36.7 Å². The molecule has 2 aliphatic rings. The van der Waals surface area contributed by atoms with Crippen molar-refractivity contribution in [3.05, 3.63) is 24.3 Å². The van der Waals surface area contributed by atoms with Crippen LogP contribution in [0.2, 0.25) is 0 Å².